The summed E-state index contributed by atoms with van der Waals surface area (Å²) in [6.07, 6.45) is 0. The summed E-state index contributed by atoms with van der Waals surface area (Å²) in [7, 11) is -3.51. The first-order chi connectivity index (χ1) is 12.9. The molecule has 28 heavy (non-hydrogen) atoms. The maximum Gasteiger partial charge on any atom is 0.341 e. The summed E-state index contributed by atoms with van der Waals surface area (Å²) in [5, 5.41) is 8.67. The first kappa shape index (κ1) is 21.9. The summed E-state index contributed by atoms with van der Waals surface area (Å²) in [4.78, 5) is 24.6. The van der Waals surface area contributed by atoms with Gasteiger partial charge in [0.25, 0.3) is 0 Å². The number of benzene rings is 2. The van der Waals surface area contributed by atoms with Gasteiger partial charge >= 0.3 is 5.97 Å². The van der Waals surface area contributed by atoms with Gasteiger partial charge in [-0.05, 0) is 31.9 Å². The van der Waals surface area contributed by atoms with E-state index in [1.54, 1.807) is 71.9 Å². The van der Waals surface area contributed by atoms with Crippen LogP contribution in [0.15, 0.2) is 36.4 Å². The number of carboxylic acids is 1. The van der Waals surface area contributed by atoms with E-state index in [1.807, 2.05) is 6.07 Å². The first-order valence-corrected chi connectivity index (χ1v) is 10.8. The number of carbonyl (C=O) groups excluding carboxylic acids is 1. The molecule has 0 saturated carbocycles. The Kier molecular flexibility index (Phi) is 6.20. The fourth-order valence-corrected chi connectivity index (χ4v) is 6.33. The number of ether oxygens (including phenoxy) is 1. The van der Waals surface area contributed by atoms with Gasteiger partial charge in [-0.25, -0.2) is 4.79 Å². The Hall–Kier alpha value is -2.39. The van der Waals surface area contributed by atoms with Crippen LogP contribution in [0.4, 0.5) is 0 Å². The molecule has 0 heterocycles. The van der Waals surface area contributed by atoms with Gasteiger partial charge < -0.3 is 14.4 Å². The molecule has 0 spiro atoms. The summed E-state index contributed by atoms with van der Waals surface area (Å²) in [6, 6.07) is 10.6. The van der Waals surface area contributed by atoms with Crippen molar-refractivity contribution >= 4 is 23.9 Å². The van der Waals surface area contributed by atoms with Crippen molar-refractivity contribution in [3.63, 3.8) is 0 Å². The third kappa shape index (κ3) is 3.90. The van der Waals surface area contributed by atoms with Gasteiger partial charge in [0.1, 0.15) is 5.75 Å². The lowest BCUT2D eigenvalue weighted by molar-refractivity contribution is -0.139. The average Bonchev–Trinajstić information content (AvgIpc) is 2.59. The Morgan fingerprint density at radius 1 is 1.04 bits per heavy atom. The van der Waals surface area contributed by atoms with Crippen molar-refractivity contribution in [2.24, 2.45) is 0 Å². The fraction of sp³-hybridized carbons (Fsp3) is 0.364. The highest BCUT2D eigenvalue weighted by Crippen LogP contribution is 2.59. The Bertz CT molecular complexity index is 955. The second-order valence-corrected chi connectivity index (χ2v) is 11.4. The number of hydrogen-bond donors (Lipinski definition) is 1. The molecule has 150 valence electrons. The number of hydrogen-bond acceptors (Lipinski definition) is 4. The Morgan fingerprint density at radius 2 is 1.61 bits per heavy atom. The lowest BCUT2D eigenvalue weighted by Gasteiger charge is -2.31. The van der Waals surface area contributed by atoms with Crippen LogP contribution in [-0.4, -0.2) is 28.4 Å². The quantitative estimate of drug-likeness (QED) is 0.708. The molecule has 0 saturated heterocycles. The molecule has 1 atom stereocenters. The Labute approximate surface area is 166 Å². The minimum absolute atomic E-state index is 0.341. The third-order valence-corrected chi connectivity index (χ3v) is 8.52. The Balaban J connectivity index is 2.71. The average molecular weight is 402 g/mol. The largest absolute Gasteiger partial charge is 0.481 e. The smallest absolute Gasteiger partial charge is 0.341 e. The van der Waals surface area contributed by atoms with Crippen LogP contribution >= 0.6 is 7.14 Å². The van der Waals surface area contributed by atoms with Crippen LogP contribution in [0.1, 0.15) is 47.8 Å². The summed E-state index contributed by atoms with van der Waals surface area (Å²) < 4.78 is 19.7. The molecule has 1 unspecified atom stereocenters. The van der Waals surface area contributed by atoms with Crippen LogP contribution in [0, 0.1) is 20.8 Å². The van der Waals surface area contributed by atoms with Gasteiger partial charge in [0.2, 0.25) is 5.52 Å². The summed E-state index contributed by atoms with van der Waals surface area (Å²) in [6.45, 7) is 10.2. The molecule has 0 aliphatic rings. The molecular weight excluding hydrogens is 375 g/mol. The predicted octanol–water partition coefficient (Wildman–Crippen LogP) is 4.70. The molecule has 0 aromatic heterocycles. The molecule has 0 radical (unpaired) electrons. The van der Waals surface area contributed by atoms with Gasteiger partial charge in [0, 0.05) is 21.6 Å². The zero-order valence-corrected chi connectivity index (χ0v) is 18.1. The van der Waals surface area contributed by atoms with Gasteiger partial charge in [-0.15, -0.1) is 0 Å². The van der Waals surface area contributed by atoms with Crippen molar-refractivity contribution in [3.05, 3.63) is 58.7 Å². The molecule has 0 aliphatic heterocycles. The highest BCUT2D eigenvalue weighted by molar-refractivity contribution is 7.88. The molecule has 0 amide bonds. The maximum absolute atomic E-state index is 14.2. The lowest BCUT2D eigenvalue weighted by atomic mass is 9.99. The number of carboxylic acid groups (broad SMARTS) is 1. The molecule has 6 heteroatoms. The Morgan fingerprint density at radius 3 is 2.11 bits per heavy atom. The number of rotatable bonds is 6. The van der Waals surface area contributed by atoms with E-state index in [2.05, 4.69) is 0 Å². The molecule has 0 fully saturated rings. The zero-order valence-electron chi connectivity index (χ0n) is 17.2. The van der Waals surface area contributed by atoms with Gasteiger partial charge in [0.05, 0.1) is 0 Å². The van der Waals surface area contributed by atoms with Crippen molar-refractivity contribution in [1.29, 1.82) is 0 Å². The zero-order chi connectivity index (χ0) is 21.3. The summed E-state index contributed by atoms with van der Waals surface area (Å²) >= 11 is 0. The van der Waals surface area contributed by atoms with Crippen molar-refractivity contribution in [2.45, 2.75) is 46.7 Å². The standard InChI is InChI=1S/C22H27O5P/c1-14-12-15(2)20(27-13-18(23)24)16(3)19(14)21(25)28(26,22(4,5)6)17-10-8-7-9-11-17/h7-12H,13H2,1-6H3,(H,23,24). The number of aryl methyl sites for hydroxylation is 2. The molecular formula is C22H27O5P. The van der Waals surface area contributed by atoms with E-state index >= 15 is 0 Å². The predicted molar refractivity (Wildman–Crippen MR) is 112 cm³/mol. The van der Waals surface area contributed by atoms with Crippen LogP contribution < -0.4 is 10.0 Å². The van der Waals surface area contributed by atoms with Crippen LogP contribution in [-0.2, 0) is 9.36 Å². The summed E-state index contributed by atoms with van der Waals surface area (Å²) in [5.74, 6) is -0.748. The highest BCUT2D eigenvalue weighted by Gasteiger charge is 2.46. The van der Waals surface area contributed by atoms with Crippen LogP contribution in [0.5, 0.6) is 5.75 Å². The van der Waals surface area contributed by atoms with Crippen LogP contribution in [0.2, 0.25) is 0 Å². The summed E-state index contributed by atoms with van der Waals surface area (Å²) in [5.41, 5.74) is 1.86. The fourth-order valence-electron chi connectivity index (χ4n) is 3.46. The van der Waals surface area contributed by atoms with Gasteiger partial charge in [0.15, 0.2) is 13.7 Å². The topological polar surface area (TPSA) is 80.7 Å². The van der Waals surface area contributed by atoms with Gasteiger partial charge in [-0.3, -0.25) is 4.79 Å². The van der Waals surface area contributed by atoms with E-state index in [-0.39, 0.29) is 0 Å². The van der Waals surface area contributed by atoms with E-state index in [4.69, 9.17) is 9.84 Å². The van der Waals surface area contributed by atoms with Gasteiger partial charge in [-0.2, -0.15) is 0 Å². The minimum Gasteiger partial charge on any atom is -0.481 e. The molecule has 2 aromatic carbocycles. The minimum atomic E-state index is -3.51. The van der Waals surface area contributed by atoms with Crippen molar-refractivity contribution in [1.82, 2.24) is 0 Å². The number of aliphatic carboxylic acids is 1. The SMILES string of the molecule is Cc1cc(C)c(C(=O)P(=O)(c2ccccc2)C(C)(C)C)c(C)c1OCC(=O)O. The lowest BCUT2D eigenvalue weighted by Crippen LogP contribution is -2.29. The molecule has 0 bridgehead atoms. The van der Waals surface area contributed by atoms with E-state index in [0.717, 1.165) is 5.56 Å². The molecule has 1 N–H and O–H groups in total. The monoisotopic (exact) mass is 402 g/mol. The maximum atomic E-state index is 14.2. The van der Waals surface area contributed by atoms with E-state index in [0.29, 0.717) is 27.7 Å². The van der Waals surface area contributed by atoms with E-state index < -0.39 is 30.4 Å². The van der Waals surface area contributed by atoms with Gasteiger partial charge in [-0.1, -0.05) is 57.2 Å². The van der Waals surface area contributed by atoms with Crippen LogP contribution in [0.25, 0.3) is 0 Å². The van der Waals surface area contributed by atoms with E-state index in [9.17, 15) is 14.2 Å². The second-order valence-electron chi connectivity index (χ2n) is 7.94. The highest BCUT2D eigenvalue weighted by atomic mass is 31.2. The molecule has 2 rings (SSSR count). The van der Waals surface area contributed by atoms with E-state index in [1.165, 1.54) is 0 Å². The molecule has 0 aliphatic carbocycles. The molecule has 2 aromatic rings. The van der Waals surface area contributed by atoms with Crippen molar-refractivity contribution in [3.8, 4) is 5.75 Å². The van der Waals surface area contributed by atoms with Crippen molar-refractivity contribution in [2.75, 3.05) is 6.61 Å². The second kappa shape index (κ2) is 7.92. The van der Waals surface area contributed by atoms with Crippen LogP contribution in [0.3, 0.4) is 0 Å². The third-order valence-electron chi connectivity index (χ3n) is 4.81. The van der Waals surface area contributed by atoms with Crippen molar-refractivity contribution < 1.29 is 24.0 Å². The normalized spacial score (nSPS) is 13.6. The number of carbonyl (C=O) groups is 2. The first-order valence-electron chi connectivity index (χ1n) is 9.07. The molecule has 5 nitrogen and oxygen atoms in total.